The second-order valence-electron chi connectivity index (χ2n) is 6.76. The molecule has 6 nitrogen and oxygen atoms in total. The Kier molecular flexibility index (Phi) is 6.89. The summed E-state index contributed by atoms with van der Waals surface area (Å²) >= 11 is 0. The molecule has 1 heterocycles. The van der Waals surface area contributed by atoms with Gasteiger partial charge in [-0.05, 0) is 51.3 Å². The van der Waals surface area contributed by atoms with Gasteiger partial charge in [0.15, 0.2) is 6.61 Å². The van der Waals surface area contributed by atoms with Crippen LogP contribution in [0.1, 0.15) is 30.5 Å². The smallest absolute Gasteiger partial charge is 0.320 e. The molecule has 1 aromatic carbocycles. The molecule has 1 aromatic rings. The molecule has 26 heavy (non-hydrogen) atoms. The van der Waals surface area contributed by atoms with Gasteiger partial charge in [-0.25, -0.2) is 4.79 Å². The van der Waals surface area contributed by atoms with Crippen LogP contribution in [-0.4, -0.2) is 72.5 Å². The van der Waals surface area contributed by atoms with Crippen molar-refractivity contribution in [2.45, 2.75) is 34.6 Å². The fourth-order valence-corrected chi connectivity index (χ4v) is 3.21. The maximum Gasteiger partial charge on any atom is 0.320 e. The van der Waals surface area contributed by atoms with Crippen LogP contribution >= 0.6 is 0 Å². The number of aryl methyl sites for hydroxylation is 2. The van der Waals surface area contributed by atoms with Crippen molar-refractivity contribution in [3.05, 3.63) is 28.8 Å². The normalized spacial score (nSPS) is 14.3. The van der Waals surface area contributed by atoms with Crippen molar-refractivity contribution in [1.29, 1.82) is 0 Å². The SMILES string of the molecule is CCN(CC)C(=O)N1CCN(C(=O)COc2c(C)ccc(C)c2C)CC1. The lowest BCUT2D eigenvalue weighted by Gasteiger charge is -2.37. The van der Waals surface area contributed by atoms with Crippen molar-refractivity contribution in [2.75, 3.05) is 45.9 Å². The van der Waals surface area contributed by atoms with Gasteiger partial charge in [0.2, 0.25) is 0 Å². The molecule has 1 saturated heterocycles. The van der Waals surface area contributed by atoms with E-state index >= 15 is 0 Å². The van der Waals surface area contributed by atoms with Crippen LogP contribution in [0, 0.1) is 20.8 Å². The van der Waals surface area contributed by atoms with E-state index in [0.29, 0.717) is 39.3 Å². The number of rotatable bonds is 5. The average molecular weight is 361 g/mol. The first-order valence-electron chi connectivity index (χ1n) is 9.40. The molecule has 1 fully saturated rings. The van der Waals surface area contributed by atoms with Crippen LogP contribution in [0.5, 0.6) is 5.75 Å². The first-order valence-corrected chi connectivity index (χ1v) is 9.40. The molecule has 6 heteroatoms. The lowest BCUT2D eigenvalue weighted by atomic mass is 10.1. The van der Waals surface area contributed by atoms with E-state index in [1.807, 2.05) is 50.5 Å². The fraction of sp³-hybridized carbons (Fsp3) is 0.600. The van der Waals surface area contributed by atoms with E-state index in [1.165, 1.54) is 0 Å². The topological polar surface area (TPSA) is 53.1 Å². The molecule has 0 aromatic heterocycles. The van der Waals surface area contributed by atoms with Gasteiger partial charge < -0.3 is 19.4 Å². The molecule has 0 atom stereocenters. The van der Waals surface area contributed by atoms with E-state index in [1.54, 1.807) is 4.90 Å². The number of hydrogen-bond acceptors (Lipinski definition) is 3. The number of hydrogen-bond donors (Lipinski definition) is 0. The second-order valence-corrected chi connectivity index (χ2v) is 6.76. The van der Waals surface area contributed by atoms with Gasteiger partial charge in [-0.3, -0.25) is 4.79 Å². The maximum atomic E-state index is 12.5. The zero-order valence-electron chi connectivity index (χ0n) is 16.7. The first kappa shape index (κ1) is 20.1. The molecule has 2 rings (SSSR count). The Hall–Kier alpha value is -2.24. The van der Waals surface area contributed by atoms with Crippen LogP contribution < -0.4 is 4.74 Å². The van der Waals surface area contributed by atoms with Crippen molar-refractivity contribution in [1.82, 2.24) is 14.7 Å². The standard InChI is InChI=1S/C20H31N3O3/c1-6-21(7-2)20(25)23-12-10-22(11-13-23)18(24)14-26-19-16(4)9-8-15(3)17(19)5/h8-9H,6-7,10-14H2,1-5H3. The Labute approximate surface area is 156 Å². The largest absolute Gasteiger partial charge is 0.483 e. The van der Waals surface area contributed by atoms with E-state index in [-0.39, 0.29) is 18.5 Å². The third kappa shape index (κ3) is 4.48. The minimum atomic E-state index is -0.0276. The lowest BCUT2D eigenvalue weighted by molar-refractivity contribution is -0.134. The summed E-state index contributed by atoms with van der Waals surface area (Å²) in [6, 6.07) is 4.13. The molecular formula is C20H31N3O3. The summed E-state index contributed by atoms with van der Waals surface area (Å²) in [5.41, 5.74) is 3.27. The van der Waals surface area contributed by atoms with Crippen LogP contribution in [0.4, 0.5) is 4.79 Å². The van der Waals surface area contributed by atoms with Gasteiger partial charge in [-0.1, -0.05) is 12.1 Å². The third-order valence-corrected chi connectivity index (χ3v) is 5.15. The number of amides is 3. The zero-order valence-corrected chi connectivity index (χ0v) is 16.7. The van der Waals surface area contributed by atoms with E-state index in [2.05, 4.69) is 6.07 Å². The second kappa shape index (κ2) is 8.92. The Morgan fingerprint density at radius 1 is 0.962 bits per heavy atom. The highest BCUT2D eigenvalue weighted by molar-refractivity contribution is 5.79. The highest BCUT2D eigenvalue weighted by atomic mass is 16.5. The molecule has 0 N–H and O–H groups in total. The van der Waals surface area contributed by atoms with E-state index in [9.17, 15) is 9.59 Å². The van der Waals surface area contributed by atoms with Gasteiger partial charge in [-0.15, -0.1) is 0 Å². The zero-order chi connectivity index (χ0) is 19.3. The van der Waals surface area contributed by atoms with Crippen molar-refractivity contribution in [3.63, 3.8) is 0 Å². The molecule has 0 aliphatic carbocycles. The summed E-state index contributed by atoms with van der Waals surface area (Å²) in [7, 11) is 0. The Balaban J connectivity index is 1.87. The summed E-state index contributed by atoms with van der Waals surface area (Å²) in [4.78, 5) is 30.3. The summed E-state index contributed by atoms with van der Waals surface area (Å²) in [5.74, 6) is 0.772. The molecule has 0 radical (unpaired) electrons. The monoisotopic (exact) mass is 361 g/mol. The van der Waals surface area contributed by atoms with Crippen molar-refractivity contribution in [2.24, 2.45) is 0 Å². The number of carbonyl (C=O) groups excluding carboxylic acids is 2. The van der Waals surface area contributed by atoms with Crippen molar-refractivity contribution >= 4 is 11.9 Å². The van der Waals surface area contributed by atoms with E-state index in [4.69, 9.17) is 4.74 Å². The fourth-order valence-electron chi connectivity index (χ4n) is 3.21. The molecule has 0 spiro atoms. The minimum absolute atomic E-state index is 0.0276. The summed E-state index contributed by atoms with van der Waals surface area (Å²) in [5, 5.41) is 0. The molecule has 144 valence electrons. The molecule has 0 unspecified atom stereocenters. The molecule has 0 saturated carbocycles. The van der Waals surface area contributed by atoms with Crippen LogP contribution in [0.15, 0.2) is 12.1 Å². The molecule has 0 bridgehead atoms. The average Bonchev–Trinajstić information content (AvgIpc) is 2.65. The van der Waals surface area contributed by atoms with Crippen LogP contribution in [0.3, 0.4) is 0 Å². The third-order valence-electron chi connectivity index (χ3n) is 5.15. The van der Waals surface area contributed by atoms with Gasteiger partial charge in [0, 0.05) is 39.3 Å². The number of benzene rings is 1. The van der Waals surface area contributed by atoms with E-state index in [0.717, 1.165) is 22.4 Å². The van der Waals surface area contributed by atoms with Crippen LogP contribution in [-0.2, 0) is 4.79 Å². The highest BCUT2D eigenvalue weighted by Gasteiger charge is 2.26. The Morgan fingerprint density at radius 3 is 2.08 bits per heavy atom. The number of nitrogens with zero attached hydrogens (tertiary/aromatic N) is 3. The Morgan fingerprint density at radius 2 is 1.50 bits per heavy atom. The number of urea groups is 1. The lowest BCUT2D eigenvalue weighted by Crippen LogP contribution is -2.54. The number of ether oxygens (including phenoxy) is 1. The molecule has 1 aliphatic rings. The van der Waals surface area contributed by atoms with Crippen LogP contribution in [0.25, 0.3) is 0 Å². The van der Waals surface area contributed by atoms with Gasteiger partial charge >= 0.3 is 6.03 Å². The van der Waals surface area contributed by atoms with Gasteiger partial charge in [0.05, 0.1) is 0 Å². The predicted molar refractivity (Wildman–Crippen MR) is 103 cm³/mol. The van der Waals surface area contributed by atoms with Crippen molar-refractivity contribution in [3.8, 4) is 5.75 Å². The highest BCUT2D eigenvalue weighted by Crippen LogP contribution is 2.25. The van der Waals surface area contributed by atoms with Gasteiger partial charge in [-0.2, -0.15) is 0 Å². The molecule has 3 amide bonds. The summed E-state index contributed by atoms with van der Waals surface area (Å²) in [6.45, 7) is 13.7. The van der Waals surface area contributed by atoms with Crippen LogP contribution in [0.2, 0.25) is 0 Å². The number of carbonyl (C=O) groups is 2. The minimum Gasteiger partial charge on any atom is -0.483 e. The van der Waals surface area contributed by atoms with Crippen molar-refractivity contribution < 1.29 is 14.3 Å². The molecular weight excluding hydrogens is 330 g/mol. The summed E-state index contributed by atoms with van der Waals surface area (Å²) < 4.78 is 5.83. The first-order chi connectivity index (χ1) is 12.4. The predicted octanol–water partition coefficient (Wildman–Crippen LogP) is 2.60. The summed E-state index contributed by atoms with van der Waals surface area (Å²) in [6.07, 6.45) is 0. The quantitative estimate of drug-likeness (QED) is 0.810. The van der Waals surface area contributed by atoms with E-state index < -0.39 is 0 Å². The maximum absolute atomic E-state index is 12.5. The Bertz CT molecular complexity index is 648. The molecule has 1 aliphatic heterocycles. The van der Waals surface area contributed by atoms with Gasteiger partial charge in [0.25, 0.3) is 5.91 Å². The number of piperazine rings is 1. The van der Waals surface area contributed by atoms with Gasteiger partial charge in [0.1, 0.15) is 5.75 Å².